The lowest BCUT2D eigenvalue weighted by Crippen LogP contribution is -2.38. The smallest absolute Gasteiger partial charge is 0.319 e. The minimum absolute atomic E-state index is 0.0202. The second kappa shape index (κ2) is 9.56. The number of nitrogens with zero attached hydrogens (tertiary/aromatic N) is 4. The normalized spacial score (nSPS) is 14.1. The van der Waals surface area contributed by atoms with Crippen LogP contribution in [0.25, 0.3) is 0 Å². The number of aryl methyl sites for hydroxylation is 1. The van der Waals surface area contributed by atoms with Crippen molar-refractivity contribution >= 4 is 23.5 Å². The molecule has 10 nitrogen and oxygen atoms in total. The predicted molar refractivity (Wildman–Crippen MR) is 123 cm³/mol. The van der Waals surface area contributed by atoms with Crippen molar-refractivity contribution in [1.29, 1.82) is 5.26 Å². The molecule has 1 aromatic heterocycles. The maximum absolute atomic E-state index is 13.4. The summed E-state index contributed by atoms with van der Waals surface area (Å²) in [7, 11) is 0. The molecule has 35 heavy (non-hydrogen) atoms. The molecule has 0 bridgehead atoms. The molecule has 4 amide bonds. The second-order valence-corrected chi connectivity index (χ2v) is 7.91. The Balaban J connectivity index is 1.46. The third-order valence-electron chi connectivity index (χ3n) is 5.57. The highest BCUT2D eigenvalue weighted by Crippen LogP contribution is 2.35. The summed E-state index contributed by atoms with van der Waals surface area (Å²) in [4.78, 5) is 46.4. The number of nitrogens with one attached hydrogen (secondary N) is 2. The zero-order valence-corrected chi connectivity index (χ0v) is 18.6. The quantitative estimate of drug-likeness (QED) is 0.516. The Bertz CT molecular complexity index is 1390. The van der Waals surface area contributed by atoms with Crippen LogP contribution in [-0.4, -0.2) is 34.4 Å². The number of amides is 4. The lowest BCUT2D eigenvalue weighted by Gasteiger charge is -2.15. The average Bonchev–Trinajstić information content (AvgIpc) is 3.22. The summed E-state index contributed by atoms with van der Waals surface area (Å²) in [5.41, 5.74) is 7.98. The summed E-state index contributed by atoms with van der Waals surface area (Å²) >= 11 is 0. The van der Waals surface area contributed by atoms with E-state index in [9.17, 15) is 18.8 Å². The topological polar surface area (TPSA) is 154 Å². The molecule has 11 heteroatoms. The van der Waals surface area contributed by atoms with Gasteiger partial charge in [0.05, 0.1) is 29.9 Å². The fraction of sp³-hybridized carbons (Fsp3) is 0.167. The van der Waals surface area contributed by atoms with Crippen LogP contribution in [0.4, 0.5) is 14.9 Å². The molecule has 2 aromatic carbocycles. The number of rotatable bonds is 5. The summed E-state index contributed by atoms with van der Waals surface area (Å²) in [6, 6.07) is 11.2. The van der Waals surface area contributed by atoms with E-state index < -0.39 is 23.9 Å². The summed E-state index contributed by atoms with van der Waals surface area (Å²) in [6.07, 6.45) is 1.10. The Labute approximate surface area is 199 Å². The van der Waals surface area contributed by atoms with Crippen LogP contribution in [0.3, 0.4) is 0 Å². The molecule has 1 aliphatic rings. The van der Waals surface area contributed by atoms with Gasteiger partial charge in [-0.05, 0) is 36.2 Å². The summed E-state index contributed by atoms with van der Waals surface area (Å²) in [6.45, 7) is 1.86. The van der Waals surface area contributed by atoms with Gasteiger partial charge in [-0.15, -0.1) is 0 Å². The highest BCUT2D eigenvalue weighted by atomic mass is 19.1. The molecule has 0 saturated carbocycles. The molecule has 1 atom stereocenters. The number of fused-ring (bicyclic) bond motifs is 1. The number of nitrogens with two attached hydrogens (primary N) is 1. The van der Waals surface area contributed by atoms with E-state index in [1.807, 2.05) is 6.07 Å². The molecule has 4 rings (SSSR count). The van der Waals surface area contributed by atoms with Gasteiger partial charge in [-0.2, -0.15) is 5.26 Å². The number of aromatic nitrogens is 2. The van der Waals surface area contributed by atoms with Gasteiger partial charge in [0.2, 0.25) is 0 Å². The largest absolute Gasteiger partial charge is 0.351 e. The van der Waals surface area contributed by atoms with Crippen molar-refractivity contribution in [3.05, 3.63) is 88.3 Å². The Morgan fingerprint density at radius 1 is 1.14 bits per heavy atom. The zero-order valence-electron chi connectivity index (χ0n) is 18.6. The van der Waals surface area contributed by atoms with Crippen LogP contribution in [0.15, 0.2) is 48.8 Å². The van der Waals surface area contributed by atoms with E-state index in [0.717, 1.165) is 6.33 Å². The van der Waals surface area contributed by atoms with Crippen molar-refractivity contribution in [2.24, 2.45) is 5.73 Å². The molecule has 1 aliphatic heterocycles. The molecule has 0 aliphatic carbocycles. The molecule has 2 heterocycles. The molecule has 0 fully saturated rings. The number of nitriles is 1. The Morgan fingerprint density at radius 3 is 2.57 bits per heavy atom. The van der Waals surface area contributed by atoms with Gasteiger partial charge in [-0.1, -0.05) is 18.2 Å². The van der Waals surface area contributed by atoms with E-state index >= 15 is 0 Å². The second-order valence-electron chi connectivity index (χ2n) is 7.91. The van der Waals surface area contributed by atoms with Gasteiger partial charge in [0.1, 0.15) is 23.5 Å². The predicted octanol–water partition coefficient (Wildman–Crippen LogP) is 2.10. The van der Waals surface area contributed by atoms with Crippen molar-refractivity contribution in [2.75, 3.05) is 11.4 Å². The van der Waals surface area contributed by atoms with Crippen LogP contribution in [-0.2, 0) is 6.54 Å². The minimum atomic E-state index is -0.713. The maximum Gasteiger partial charge on any atom is 0.319 e. The Hall–Kier alpha value is -4.85. The van der Waals surface area contributed by atoms with Gasteiger partial charge in [-0.3, -0.25) is 14.5 Å². The number of hydrogen-bond donors (Lipinski definition) is 3. The summed E-state index contributed by atoms with van der Waals surface area (Å²) in [5.74, 6) is -1.44. The Morgan fingerprint density at radius 2 is 1.89 bits per heavy atom. The molecule has 0 radical (unpaired) electrons. The molecular weight excluding hydrogens is 453 g/mol. The number of carbonyl (C=O) groups is 3. The number of urea groups is 1. The number of primary amides is 1. The zero-order chi connectivity index (χ0) is 25.1. The van der Waals surface area contributed by atoms with Crippen molar-refractivity contribution < 1.29 is 18.8 Å². The van der Waals surface area contributed by atoms with Crippen molar-refractivity contribution in [2.45, 2.75) is 19.5 Å². The monoisotopic (exact) mass is 473 g/mol. The SMILES string of the molecule is Cc1cc(CNC(=O)c2cc(C(=O)N[C@H]3CN(C(N)=O)c4cc(C#N)ccc43)ncn2)ccc1F. The van der Waals surface area contributed by atoms with Gasteiger partial charge in [-0.25, -0.2) is 19.2 Å². The molecule has 3 aromatic rings. The number of hydrogen-bond acceptors (Lipinski definition) is 6. The minimum Gasteiger partial charge on any atom is -0.351 e. The lowest BCUT2D eigenvalue weighted by molar-refractivity contribution is 0.0933. The first-order valence-corrected chi connectivity index (χ1v) is 10.5. The van der Waals surface area contributed by atoms with Gasteiger partial charge in [0, 0.05) is 18.2 Å². The van der Waals surface area contributed by atoms with Crippen LogP contribution >= 0.6 is 0 Å². The van der Waals surface area contributed by atoms with Crippen LogP contribution < -0.4 is 21.3 Å². The standard InChI is InChI=1S/C24H20FN7O3/c1-13-6-15(3-5-17(13)25)10-28-22(33)18-8-19(30-12-29-18)23(34)31-20-11-32(24(27)35)21-7-14(9-26)2-4-16(20)21/h2-8,12,20H,10-11H2,1H3,(H2,27,35)(H,28,33)(H,31,34)/t20-/m0/s1. The molecule has 0 unspecified atom stereocenters. The van der Waals surface area contributed by atoms with E-state index in [2.05, 4.69) is 20.6 Å². The fourth-order valence-corrected chi connectivity index (χ4v) is 3.78. The number of halogens is 1. The molecule has 176 valence electrons. The third kappa shape index (κ3) is 4.91. The highest BCUT2D eigenvalue weighted by molar-refractivity contribution is 5.98. The first-order valence-electron chi connectivity index (χ1n) is 10.5. The van der Waals surface area contributed by atoms with Crippen LogP contribution in [0.2, 0.25) is 0 Å². The van der Waals surface area contributed by atoms with Crippen LogP contribution in [0.5, 0.6) is 0 Å². The first-order chi connectivity index (χ1) is 16.8. The highest BCUT2D eigenvalue weighted by Gasteiger charge is 2.33. The summed E-state index contributed by atoms with van der Waals surface area (Å²) < 4.78 is 13.4. The maximum atomic E-state index is 13.4. The number of anilines is 1. The molecule has 0 saturated heterocycles. The lowest BCUT2D eigenvalue weighted by atomic mass is 10.1. The van der Waals surface area contributed by atoms with Crippen LogP contribution in [0, 0.1) is 24.1 Å². The van der Waals surface area contributed by atoms with Crippen LogP contribution in [0.1, 0.15) is 49.3 Å². The average molecular weight is 473 g/mol. The van der Waals surface area contributed by atoms with Gasteiger partial charge < -0.3 is 16.4 Å². The van der Waals surface area contributed by atoms with E-state index in [0.29, 0.717) is 27.9 Å². The van der Waals surface area contributed by atoms with Gasteiger partial charge >= 0.3 is 6.03 Å². The van der Waals surface area contributed by atoms with Crippen molar-refractivity contribution in [3.63, 3.8) is 0 Å². The number of carbonyl (C=O) groups excluding carboxylic acids is 3. The first kappa shape index (κ1) is 23.3. The van der Waals surface area contributed by atoms with E-state index in [-0.39, 0.29) is 30.3 Å². The van der Waals surface area contributed by atoms with Gasteiger partial charge in [0.15, 0.2) is 0 Å². The Kier molecular flexibility index (Phi) is 6.37. The van der Waals surface area contributed by atoms with Gasteiger partial charge in [0.25, 0.3) is 11.8 Å². The van der Waals surface area contributed by atoms with E-state index in [4.69, 9.17) is 11.0 Å². The number of benzene rings is 2. The molecular formula is C24H20FN7O3. The molecule has 4 N–H and O–H groups in total. The van der Waals surface area contributed by atoms with Crippen molar-refractivity contribution in [1.82, 2.24) is 20.6 Å². The molecule has 0 spiro atoms. The third-order valence-corrected chi connectivity index (χ3v) is 5.57. The van der Waals surface area contributed by atoms with E-state index in [1.54, 1.807) is 31.2 Å². The van der Waals surface area contributed by atoms with E-state index in [1.165, 1.54) is 23.1 Å². The summed E-state index contributed by atoms with van der Waals surface area (Å²) in [5, 5.41) is 14.6. The fourth-order valence-electron chi connectivity index (χ4n) is 3.78. The van der Waals surface area contributed by atoms with Crippen molar-refractivity contribution in [3.8, 4) is 6.07 Å².